The molecule has 1 saturated carbocycles. The number of rotatable bonds is 4. The molecular weight excluding hydrogens is 294 g/mol. The van der Waals surface area contributed by atoms with Crippen LogP contribution in [0.1, 0.15) is 30.1 Å². The van der Waals surface area contributed by atoms with Crippen LogP contribution >= 0.6 is 0 Å². The van der Waals surface area contributed by atoms with Crippen molar-refractivity contribution in [3.8, 4) is 5.69 Å². The molecule has 1 aromatic heterocycles. The zero-order chi connectivity index (χ0) is 15.8. The molecule has 3 atom stereocenters. The van der Waals surface area contributed by atoms with Gasteiger partial charge in [0.1, 0.15) is 6.33 Å². The van der Waals surface area contributed by atoms with Gasteiger partial charge < -0.3 is 5.32 Å². The molecular formula is C15H19N7O. The summed E-state index contributed by atoms with van der Waals surface area (Å²) in [6, 6.07) is 7.68. The van der Waals surface area contributed by atoms with Gasteiger partial charge in [-0.1, -0.05) is 13.0 Å². The summed E-state index contributed by atoms with van der Waals surface area (Å²) >= 11 is 0. The van der Waals surface area contributed by atoms with Crippen LogP contribution in [-0.2, 0) is 0 Å². The SMILES string of the molecule is CC1C(NC(=O)c2cccc(-n3cnnn3)c2)NNC1C1CC1. The predicted octanol–water partition coefficient (Wildman–Crippen LogP) is 0.241. The van der Waals surface area contributed by atoms with E-state index in [4.69, 9.17) is 0 Å². The van der Waals surface area contributed by atoms with Gasteiger partial charge >= 0.3 is 0 Å². The molecule has 1 aliphatic heterocycles. The Bertz CT molecular complexity index is 698. The Hall–Kier alpha value is -2.32. The fourth-order valence-corrected chi connectivity index (χ4v) is 3.12. The fraction of sp³-hybridized carbons (Fsp3) is 0.467. The van der Waals surface area contributed by atoms with Gasteiger partial charge in [0.2, 0.25) is 0 Å². The number of nitrogens with zero attached hydrogens (tertiary/aromatic N) is 4. The molecule has 3 N–H and O–H groups in total. The van der Waals surface area contributed by atoms with Gasteiger partial charge in [0.05, 0.1) is 11.9 Å². The van der Waals surface area contributed by atoms with E-state index in [1.807, 2.05) is 12.1 Å². The van der Waals surface area contributed by atoms with Crippen LogP contribution in [0, 0.1) is 11.8 Å². The topological polar surface area (TPSA) is 96.8 Å². The first-order chi connectivity index (χ1) is 11.2. The van der Waals surface area contributed by atoms with Gasteiger partial charge in [-0.3, -0.25) is 10.2 Å². The zero-order valence-electron chi connectivity index (χ0n) is 12.8. The van der Waals surface area contributed by atoms with Gasteiger partial charge in [-0.25, -0.2) is 10.1 Å². The van der Waals surface area contributed by atoms with Crippen LogP contribution in [0.3, 0.4) is 0 Å². The maximum absolute atomic E-state index is 12.5. The van der Waals surface area contributed by atoms with E-state index in [0.717, 1.165) is 11.6 Å². The quantitative estimate of drug-likeness (QED) is 0.748. The minimum Gasteiger partial charge on any atom is -0.335 e. The number of hydrogen-bond donors (Lipinski definition) is 3. The lowest BCUT2D eigenvalue weighted by Crippen LogP contribution is -2.46. The number of carbonyl (C=O) groups is 1. The Morgan fingerprint density at radius 3 is 2.96 bits per heavy atom. The van der Waals surface area contributed by atoms with E-state index in [2.05, 4.69) is 38.6 Å². The molecule has 1 saturated heterocycles. The second kappa shape index (κ2) is 5.71. The van der Waals surface area contributed by atoms with Gasteiger partial charge in [-0.2, -0.15) is 0 Å². The van der Waals surface area contributed by atoms with Crippen molar-refractivity contribution >= 4 is 5.91 Å². The molecule has 23 heavy (non-hydrogen) atoms. The summed E-state index contributed by atoms with van der Waals surface area (Å²) in [5.74, 6) is 0.985. The van der Waals surface area contributed by atoms with Crippen molar-refractivity contribution < 1.29 is 4.79 Å². The largest absolute Gasteiger partial charge is 0.335 e. The first kappa shape index (κ1) is 14.3. The van der Waals surface area contributed by atoms with Crippen LogP contribution in [0.5, 0.6) is 0 Å². The zero-order valence-corrected chi connectivity index (χ0v) is 12.8. The second-order valence-corrected chi connectivity index (χ2v) is 6.27. The average molecular weight is 313 g/mol. The summed E-state index contributed by atoms with van der Waals surface area (Å²) in [6.07, 6.45) is 3.99. The van der Waals surface area contributed by atoms with Crippen molar-refractivity contribution in [3.05, 3.63) is 36.2 Å². The number of hydrazine groups is 1. The third kappa shape index (κ3) is 2.82. The Morgan fingerprint density at radius 2 is 2.22 bits per heavy atom. The lowest BCUT2D eigenvalue weighted by atomic mass is 9.97. The van der Waals surface area contributed by atoms with Crippen molar-refractivity contribution in [1.82, 2.24) is 36.4 Å². The Labute approximate surface area is 133 Å². The van der Waals surface area contributed by atoms with E-state index < -0.39 is 0 Å². The van der Waals surface area contributed by atoms with Crippen LogP contribution in [-0.4, -0.2) is 38.3 Å². The Balaban J connectivity index is 1.46. The maximum atomic E-state index is 12.5. The highest BCUT2D eigenvalue weighted by atomic mass is 16.1. The molecule has 4 rings (SSSR count). The minimum absolute atomic E-state index is 0.0650. The van der Waals surface area contributed by atoms with Crippen molar-refractivity contribution in [3.63, 3.8) is 0 Å². The molecule has 2 heterocycles. The molecule has 1 aliphatic carbocycles. The average Bonchev–Trinajstić information content (AvgIpc) is 3.13. The smallest absolute Gasteiger partial charge is 0.252 e. The van der Waals surface area contributed by atoms with Gasteiger partial charge in [-0.15, -0.1) is 5.10 Å². The molecule has 0 radical (unpaired) electrons. The van der Waals surface area contributed by atoms with E-state index in [9.17, 15) is 4.79 Å². The maximum Gasteiger partial charge on any atom is 0.252 e. The highest BCUT2D eigenvalue weighted by molar-refractivity contribution is 5.94. The van der Waals surface area contributed by atoms with E-state index in [1.54, 1.807) is 12.1 Å². The van der Waals surface area contributed by atoms with E-state index in [0.29, 0.717) is 17.5 Å². The summed E-state index contributed by atoms with van der Waals surface area (Å²) in [4.78, 5) is 12.5. The number of carbonyl (C=O) groups excluding carboxylic acids is 1. The Kier molecular flexibility index (Phi) is 3.55. The van der Waals surface area contributed by atoms with Crippen LogP contribution in [0.15, 0.2) is 30.6 Å². The predicted molar refractivity (Wildman–Crippen MR) is 82.4 cm³/mol. The van der Waals surface area contributed by atoms with E-state index in [1.165, 1.54) is 23.9 Å². The number of hydrogen-bond acceptors (Lipinski definition) is 6. The molecule has 3 unspecified atom stereocenters. The number of benzene rings is 1. The molecule has 0 spiro atoms. The summed E-state index contributed by atoms with van der Waals surface area (Å²) in [7, 11) is 0. The first-order valence-electron chi connectivity index (χ1n) is 7.88. The number of amides is 1. The summed E-state index contributed by atoms with van der Waals surface area (Å²) in [5.41, 5.74) is 7.85. The molecule has 2 aromatic rings. The van der Waals surface area contributed by atoms with Crippen molar-refractivity contribution in [2.75, 3.05) is 0 Å². The highest BCUT2D eigenvalue weighted by Crippen LogP contribution is 2.37. The van der Waals surface area contributed by atoms with Crippen molar-refractivity contribution in [1.29, 1.82) is 0 Å². The van der Waals surface area contributed by atoms with E-state index >= 15 is 0 Å². The van der Waals surface area contributed by atoms with Gasteiger partial charge in [-0.05, 0) is 47.4 Å². The molecule has 120 valence electrons. The van der Waals surface area contributed by atoms with Gasteiger partial charge in [0.25, 0.3) is 5.91 Å². The van der Waals surface area contributed by atoms with Gasteiger partial charge in [0, 0.05) is 17.5 Å². The Morgan fingerprint density at radius 1 is 1.35 bits per heavy atom. The van der Waals surface area contributed by atoms with Crippen molar-refractivity contribution in [2.24, 2.45) is 11.8 Å². The second-order valence-electron chi connectivity index (χ2n) is 6.27. The fourth-order valence-electron chi connectivity index (χ4n) is 3.12. The number of tetrazole rings is 1. The van der Waals surface area contributed by atoms with Crippen LogP contribution in [0.25, 0.3) is 5.69 Å². The highest BCUT2D eigenvalue weighted by Gasteiger charge is 2.42. The molecule has 2 aliphatic rings. The molecule has 2 fully saturated rings. The number of nitrogens with one attached hydrogen (secondary N) is 3. The molecule has 8 nitrogen and oxygen atoms in total. The minimum atomic E-state index is -0.109. The van der Waals surface area contributed by atoms with E-state index in [-0.39, 0.29) is 12.1 Å². The van der Waals surface area contributed by atoms with Crippen molar-refractivity contribution in [2.45, 2.75) is 32.0 Å². The molecule has 1 aromatic carbocycles. The van der Waals surface area contributed by atoms with Crippen LogP contribution in [0.4, 0.5) is 0 Å². The normalized spacial score (nSPS) is 27.1. The summed E-state index contributed by atoms with van der Waals surface area (Å²) < 4.78 is 1.53. The van der Waals surface area contributed by atoms with Crippen LogP contribution < -0.4 is 16.2 Å². The molecule has 1 amide bonds. The van der Waals surface area contributed by atoms with Gasteiger partial charge in [0.15, 0.2) is 0 Å². The third-order valence-corrected chi connectivity index (χ3v) is 4.64. The third-order valence-electron chi connectivity index (χ3n) is 4.64. The number of aromatic nitrogens is 4. The lowest BCUT2D eigenvalue weighted by molar-refractivity contribution is 0.0922. The summed E-state index contributed by atoms with van der Waals surface area (Å²) in [6.45, 7) is 2.17. The van der Waals surface area contributed by atoms with Crippen LogP contribution in [0.2, 0.25) is 0 Å². The monoisotopic (exact) mass is 313 g/mol. The lowest BCUT2D eigenvalue weighted by Gasteiger charge is -2.19. The standard InChI is InChI=1S/C15H19N7O/c1-9-13(10-5-6-10)18-19-14(9)17-15(23)11-3-2-4-12(7-11)22-8-16-20-21-22/h2-4,7-10,13-14,18-19H,5-6H2,1H3,(H,17,23). The molecule has 0 bridgehead atoms. The first-order valence-corrected chi connectivity index (χ1v) is 7.88. The molecule has 8 heteroatoms. The summed E-state index contributed by atoms with van der Waals surface area (Å²) in [5, 5.41) is 14.1.